The van der Waals surface area contributed by atoms with Gasteiger partial charge in [-0.25, -0.2) is 9.98 Å². The van der Waals surface area contributed by atoms with E-state index in [-0.39, 0.29) is 26.5 Å². The van der Waals surface area contributed by atoms with Crippen LogP contribution in [0, 0.1) is 12.1 Å². The van der Waals surface area contributed by atoms with Gasteiger partial charge >= 0.3 is 21.1 Å². The minimum Gasteiger partial charge on any atom is -0.509 e. The standard InChI is InChI=1S/C46H33N5O.Pt/c1-46(2,3)30-25-26-47-44(27-30)50-39-19-8-6-17-36(39)37-24-23-33(29-43(37)50)52-32-14-12-13-31(28-32)49-41-21-10-11-22-42(41)51-40-20-9-5-16-35(40)34-15-4-7-18-38(34)48-45(49)51;/h4-27H,1-3H3;/q-2;+2. The van der Waals surface area contributed by atoms with Crippen molar-refractivity contribution < 1.29 is 25.8 Å². The summed E-state index contributed by atoms with van der Waals surface area (Å²) >= 11 is 0. The van der Waals surface area contributed by atoms with Gasteiger partial charge in [0.15, 0.2) is 0 Å². The summed E-state index contributed by atoms with van der Waals surface area (Å²) in [5.74, 6) is 2.81. The number of aliphatic imine (C=N–C) groups is 1. The van der Waals surface area contributed by atoms with E-state index >= 15 is 0 Å². The van der Waals surface area contributed by atoms with Crippen LogP contribution >= 0.6 is 0 Å². The smallest absolute Gasteiger partial charge is 0.509 e. The molecule has 6 nitrogen and oxygen atoms in total. The molecule has 0 bridgehead atoms. The van der Waals surface area contributed by atoms with Crippen molar-refractivity contribution in [1.29, 1.82) is 0 Å². The van der Waals surface area contributed by atoms with Gasteiger partial charge in [0.25, 0.3) is 0 Å². The molecule has 4 heterocycles. The van der Waals surface area contributed by atoms with Gasteiger partial charge in [-0.2, -0.15) is 12.1 Å². The van der Waals surface area contributed by atoms with E-state index in [4.69, 9.17) is 14.7 Å². The summed E-state index contributed by atoms with van der Waals surface area (Å²) in [4.78, 5) is 14.5. The Morgan fingerprint density at radius 3 is 2.13 bits per heavy atom. The van der Waals surface area contributed by atoms with Crippen molar-refractivity contribution in [1.82, 2.24) is 9.55 Å². The minimum atomic E-state index is -0.0166. The van der Waals surface area contributed by atoms with Crippen LogP contribution in [0.1, 0.15) is 26.3 Å². The summed E-state index contributed by atoms with van der Waals surface area (Å²) in [6, 6.07) is 55.2. The molecule has 0 unspecified atom stereocenters. The molecule has 0 amide bonds. The zero-order valence-corrected chi connectivity index (χ0v) is 31.6. The second kappa shape index (κ2) is 12.6. The molecule has 6 aromatic carbocycles. The fraction of sp³-hybridized carbons (Fsp3) is 0.0870. The van der Waals surface area contributed by atoms with Crippen LogP contribution in [0.4, 0.5) is 28.4 Å². The van der Waals surface area contributed by atoms with Gasteiger partial charge in [-0.15, -0.1) is 35.7 Å². The van der Waals surface area contributed by atoms with Crippen molar-refractivity contribution in [2.24, 2.45) is 4.99 Å². The fourth-order valence-corrected chi connectivity index (χ4v) is 7.46. The molecule has 53 heavy (non-hydrogen) atoms. The largest absolute Gasteiger partial charge is 2.00 e. The van der Waals surface area contributed by atoms with Crippen LogP contribution in [0.15, 0.2) is 151 Å². The number of hydrogen-bond donors (Lipinski definition) is 0. The Kier molecular flexibility index (Phi) is 7.83. The molecule has 2 aromatic heterocycles. The molecule has 10 rings (SSSR count). The maximum Gasteiger partial charge on any atom is 2.00 e. The van der Waals surface area contributed by atoms with Crippen LogP contribution in [-0.4, -0.2) is 15.5 Å². The Morgan fingerprint density at radius 2 is 1.30 bits per heavy atom. The molecule has 258 valence electrons. The van der Waals surface area contributed by atoms with E-state index < -0.39 is 0 Å². The van der Waals surface area contributed by atoms with Gasteiger partial charge in [-0.3, -0.25) is 4.90 Å². The third-order valence-corrected chi connectivity index (χ3v) is 9.93. The molecule has 0 saturated carbocycles. The number of fused-ring (bicyclic) bond motifs is 10. The second-order valence-corrected chi connectivity index (χ2v) is 14.2. The number of nitrogens with zero attached hydrogens (tertiary/aromatic N) is 5. The van der Waals surface area contributed by atoms with Crippen molar-refractivity contribution in [3.63, 3.8) is 0 Å². The number of hydrogen-bond acceptors (Lipinski definition) is 5. The Balaban J connectivity index is 0.00000372. The minimum absolute atomic E-state index is 0. The SMILES string of the molecule is CC(C)(C)c1ccnc(-n2c3[c-]c(Oc4[c-]c(N5C6=Nc7ccccc7-c7ccccc7N6c6ccccc65)ccc4)ccc3c3ccccc32)c1.[Pt+2]. The van der Waals surface area contributed by atoms with E-state index in [0.29, 0.717) is 11.5 Å². The van der Waals surface area contributed by atoms with E-state index in [1.54, 1.807) is 0 Å². The van der Waals surface area contributed by atoms with Gasteiger partial charge < -0.3 is 14.2 Å². The normalized spacial score (nSPS) is 13.1. The summed E-state index contributed by atoms with van der Waals surface area (Å²) in [5.41, 5.74) is 10.3. The van der Waals surface area contributed by atoms with Crippen LogP contribution < -0.4 is 14.5 Å². The van der Waals surface area contributed by atoms with Crippen LogP contribution in [0.2, 0.25) is 0 Å². The average Bonchev–Trinajstić information content (AvgIpc) is 3.62. The summed E-state index contributed by atoms with van der Waals surface area (Å²) < 4.78 is 8.77. The molecule has 2 aliphatic heterocycles. The van der Waals surface area contributed by atoms with E-state index in [1.165, 1.54) is 5.56 Å². The van der Waals surface area contributed by atoms with Gasteiger partial charge in [0.1, 0.15) is 5.82 Å². The Bertz CT molecular complexity index is 2740. The van der Waals surface area contributed by atoms with E-state index in [1.807, 2.05) is 30.5 Å². The van der Waals surface area contributed by atoms with E-state index in [2.05, 4.69) is 163 Å². The molecule has 0 radical (unpaired) electrons. The van der Waals surface area contributed by atoms with Crippen LogP contribution in [0.3, 0.4) is 0 Å². The molecular weight excluding hydrogens is 834 g/mol. The first kappa shape index (κ1) is 32.9. The van der Waals surface area contributed by atoms with Gasteiger partial charge in [0, 0.05) is 34.3 Å². The molecule has 0 atom stereocenters. The summed E-state index contributed by atoms with van der Waals surface area (Å²) in [5, 5.41) is 2.23. The monoisotopic (exact) mass is 866 g/mol. The number of ether oxygens (including phenoxy) is 1. The number of rotatable bonds is 4. The molecule has 7 heteroatoms. The number of para-hydroxylation sites is 5. The van der Waals surface area contributed by atoms with Crippen molar-refractivity contribution in [3.8, 4) is 28.4 Å². The summed E-state index contributed by atoms with van der Waals surface area (Å²) in [7, 11) is 0. The first-order valence-corrected chi connectivity index (χ1v) is 17.5. The number of pyridine rings is 1. The topological polar surface area (TPSA) is 45.9 Å². The molecular formula is C46H33N5OPt. The molecule has 0 spiro atoms. The summed E-state index contributed by atoms with van der Waals surface area (Å²) in [6.07, 6.45) is 1.89. The molecule has 8 aromatic rings. The Hall–Kier alpha value is -5.97. The summed E-state index contributed by atoms with van der Waals surface area (Å²) in [6.45, 7) is 6.66. The first-order chi connectivity index (χ1) is 25.4. The molecule has 0 N–H and O–H groups in total. The van der Waals surface area contributed by atoms with Crippen LogP contribution in [0.25, 0.3) is 38.8 Å². The number of aromatic nitrogens is 2. The molecule has 0 saturated heterocycles. The number of anilines is 4. The third kappa shape index (κ3) is 5.36. The van der Waals surface area contributed by atoms with Gasteiger partial charge in [-0.05, 0) is 58.8 Å². The van der Waals surface area contributed by atoms with Crippen molar-refractivity contribution in [2.45, 2.75) is 26.2 Å². The molecule has 0 fully saturated rings. The van der Waals surface area contributed by atoms with Crippen molar-refractivity contribution in [2.75, 3.05) is 9.80 Å². The second-order valence-electron chi connectivity index (χ2n) is 14.2. The van der Waals surface area contributed by atoms with E-state index in [0.717, 1.165) is 73.1 Å². The predicted molar refractivity (Wildman–Crippen MR) is 211 cm³/mol. The van der Waals surface area contributed by atoms with Gasteiger partial charge in [-0.1, -0.05) is 98.7 Å². The maximum atomic E-state index is 6.59. The molecule has 0 aliphatic carbocycles. The van der Waals surface area contributed by atoms with Crippen LogP contribution in [-0.2, 0) is 26.5 Å². The zero-order valence-electron chi connectivity index (χ0n) is 29.3. The average molecular weight is 867 g/mol. The number of benzene rings is 6. The van der Waals surface area contributed by atoms with Gasteiger partial charge in [0.2, 0.25) is 5.96 Å². The fourth-order valence-electron chi connectivity index (χ4n) is 7.46. The first-order valence-electron chi connectivity index (χ1n) is 17.5. The van der Waals surface area contributed by atoms with E-state index in [9.17, 15) is 0 Å². The zero-order chi connectivity index (χ0) is 35.0. The molecule has 2 aliphatic rings. The number of guanidine groups is 1. The quantitative estimate of drug-likeness (QED) is 0.165. The van der Waals surface area contributed by atoms with Crippen LogP contribution in [0.5, 0.6) is 11.5 Å². The predicted octanol–water partition coefficient (Wildman–Crippen LogP) is 11.8. The Labute approximate surface area is 322 Å². The maximum absolute atomic E-state index is 6.59. The van der Waals surface area contributed by atoms with Gasteiger partial charge in [0.05, 0.1) is 22.7 Å². The Morgan fingerprint density at radius 1 is 0.604 bits per heavy atom. The third-order valence-electron chi connectivity index (χ3n) is 9.93. The van der Waals surface area contributed by atoms with Crippen molar-refractivity contribution >= 4 is 56.2 Å². The van der Waals surface area contributed by atoms with Crippen molar-refractivity contribution in [3.05, 3.63) is 163 Å².